The number of carbonyl (C=O) groups excluding carboxylic acids is 1. The molecule has 1 unspecified atom stereocenters. The molecule has 25 heavy (non-hydrogen) atoms. The van der Waals surface area contributed by atoms with Gasteiger partial charge in [-0.15, -0.1) is 0 Å². The Balaban J connectivity index is 2.22. The van der Waals surface area contributed by atoms with Gasteiger partial charge in [0, 0.05) is 10.6 Å². The van der Waals surface area contributed by atoms with E-state index in [1.807, 2.05) is 0 Å². The van der Waals surface area contributed by atoms with E-state index in [1.165, 1.54) is 35.8 Å². The Hall–Kier alpha value is -2.51. The second kappa shape index (κ2) is 6.78. The number of thiazole rings is 1. The van der Waals surface area contributed by atoms with E-state index < -0.39 is 23.7 Å². The van der Waals surface area contributed by atoms with Crippen LogP contribution >= 0.6 is 22.9 Å². The van der Waals surface area contributed by atoms with Gasteiger partial charge >= 0.3 is 5.97 Å². The first-order valence-corrected chi connectivity index (χ1v) is 8.44. The topological polar surface area (TPSA) is 71.7 Å². The zero-order valence-electron chi connectivity index (χ0n) is 12.9. The van der Waals surface area contributed by atoms with Gasteiger partial charge < -0.3 is 9.67 Å². The van der Waals surface area contributed by atoms with Crippen molar-refractivity contribution in [2.24, 2.45) is 4.99 Å². The Morgan fingerprint density at radius 1 is 1.28 bits per heavy atom. The number of nitrogens with zero attached hydrogens (tertiary/aromatic N) is 2. The maximum atomic E-state index is 13.6. The van der Waals surface area contributed by atoms with Gasteiger partial charge in [-0.3, -0.25) is 4.79 Å². The standard InChI is InChI=1S/C17H12ClFN2O3S/c1-9(16(23)24)21-13-8-12(19)5-6-14(13)25-17(21)20-15(22)10-3-2-4-11(18)7-10/h2-9H,1H3,(H,23,24)/b20-17-. The van der Waals surface area contributed by atoms with Gasteiger partial charge in [0.1, 0.15) is 11.9 Å². The molecule has 1 N–H and O–H groups in total. The predicted molar refractivity (Wildman–Crippen MR) is 93.5 cm³/mol. The molecule has 0 bridgehead atoms. The molecule has 0 spiro atoms. The summed E-state index contributed by atoms with van der Waals surface area (Å²) in [7, 11) is 0. The number of aromatic nitrogens is 1. The number of benzene rings is 2. The number of carbonyl (C=O) groups is 2. The number of rotatable bonds is 3. The van der Waals surface area contributed by atoms with Gasteiger partial charge in [-0.1, -0.05) is 29.0 Å². The minimum atomic E-state index is -1.11. The van der Waals surface area contributed by atoms with Crippen molar-refractivity contribution in [1.82, 2.24) is 4.57 Å². The van der Waals surface area contributed by atoms with E-state index in [0.717, 1.165) is 11.3 Å². The van der Waals surface area contributed by atoms with Gasteiger partial charge in [-0.2, -0.15) is 4.99 Å². The van der Waals surface area contributed by atoms with Crippen molar-refractivity contribution in [3.8, 4) is 0 Å². The summed E-state index contributed by atoms with van der Waals surface area (Å²) in [5, 5.41) is 9.74. The Labute approximate surface area is 150 Å². The number of halogens is 2. The van der Waals surface area contributed by atoms with Gasteiger partial charge in [0.15, 0.2) is 4.80 Å². The van der Waals surface area contributed by atoms with Crippen molar-refractivity contribution in [3.63, 3.8) is 0 Å². The maximum Gasteiger partial charge on any atom is 0.326 e. The fourth-order valence-corrected chi connectivity index (χ4v) is 3.62. The van der Waals surface area contributed by atoms with Gasteiger partial charge in [-0.25, -0.2) is 9.18 Å². The van der Waals surface area contributed by atoms with Crippen molar-refractivity contribution in [3.05, 3.63) is 63.7 Å². The fourth-order valence-electron chi connectivity index (χ4n) is 2.35. The molecule has 3 aromatic rings. The maximum absolute atomic E-state index is 13.6. The molecule has 8 heteroatoms. The molecular weight excluding hydrogens is 367 g/mol. The van der Waals surface area contributed by atoms with Crippen molar-refractivity contribution in [1.29, 1.82) is 0 Å². The monoisotopic (exact) mass is 378 g/mol. The van der Waals surface area contributed by atoms with Crippen molar-refractivity contribution in [2.75, 3.05) is 0 Å². The van der Waals surface area contributed by atoms with Crippen molar-refractivity contribution < 1.29 is 19.1 Å². The Morgan fingerprint density at radius 3 is 2.72 bits per heavy atom. The molecule has 0 aliphatic heterocycles. The molecule has 5 nitrogen and oxygen atoms in total. The number of carboxylic acids is 1. The Kier molecular flexibility index (Phi) is 4.69. The van der Waals surface area contributed by atoms with Crippen LogP contribution in [-0.4, -0.2) is 21.6 Å². The lowest BCUT2D eigenvalue weighted by Crippen LogP contribution is -2.25. The number of amides is 1. The lowest BCUT2D eigenvalue weighted by Gasteiger charge is -2.10. The van der Waals surface area contributed by atoms with E-state index in [-0.39, 0.29) is 10.4 Å². The van der Waals surface area contributed by atoms with Gasteiger partial charge in [-0.05, 0) is 43.3 Å². The molecule has 1 amide bonds. The molecule has 0 radical (unpaired) electrons. The summed E-state index contributed by atoms with van der Waals surface area (Å²) in [5.74, 6) is -2.16. The van der Waals surface area contributed by atoms with E-state index in [1.54, 1.807) is 18.2 Å². The Bertz CT molecular complexity index is 1060. The number of hydrogen-bond acceptors (Lipinski definition) is 3. The van der Waals surface area contributed by atoms with Crippen molar-refractivity contribution >= 4 is 45.0 Å². The second-order valence-corrected chi connectivity index (χ2v) is 6.75. The predicted octanol–water partition coefficient (Wildman–Crippen LogP) is 3.88. The average molecular weight is 379 g/mol. The summed E-state index contributed by atoms with van der Waals surface area (Å²) < 4.78 is 15.6. The van der Waals surface area contributed by atoms with Gasteiger partial charge in [0.2, 0.25) is 0 Å². The van der Waals surface area contributed by atoms with Crippen LogP contribution in [0.2, 0.25) is 5.02 Å². The third-order valence-corrected chi connectivity index (χ3v) is 4.87. The molecule has 0 saturated carbocycles. The zero-order valence-corrected chi connectivity index (χ0v) is 14.5. The second-order valence-electron chi connectivity index (χ2n) is 5.31. The van der Waals surface area contributed by atoms with Crippen LogP contribution in [0.4, 0.5) is 4.39 Å². The van der Waals surface area contributed by atoms with Gasteiger partial charge in [0.25, 0.3) is 5.91 Å². The smallest absolute Gasteiger partial charge is 0.326 e. The number of hydrogen-bond donors (Lipinski definition) is 1. The molecular formula is C17H12ClFN2O3S. The summed E-state index contributed by atoms with van der Waals surface area (Å²) in [4.78, 5) is 28.0. The number of fused-ring (bicyclic) bond motifs is 1. The molecule has 128 valence electrons. The average Bonchev–Trinajstić information content (AvgIpc) is 2.90. The van der Waals surface area contributed by atoms with Crippen LogP contribution in [0.3, 0.4) is 0 Å². The normalized spacial score (nSPS) is 13.2. The molecule has 0 fully saturated rings. The van der Waals surface area contributed by atoms with Crippen LogP contribution in [0, 0.1) is 5.82 Å². The largest absolute Gasteiger partial charge is 0.480 e. The molecule has 2 aromatic carbocycles. The van der Waals surface area contributed by atoms with Crippen LogP contribution in [0.15, 0.2) is 47.5 Å². The minimum absolute atomic E-state index is 0.181. The molecule has 1 heterocycles. The number of aliphatic carboxylic acids is 1. The highest BCUT2D eigenvalue weighted by Gasteiger charge is 2.19. The summed E-state index contributed by atoms with van der Waals surface area (Å²) in [6, 6.07) is 9.32. The molecule has 0 aliphatic rings. The van der Waals surface area contributed by atoms with E-state index in [4.69, 9.17) is 11.6 Å². The third kappa shape index (κ3) is 3.47. The third-order valence-electron chi connectivity index (χ3n) is 3.60. The molecule has 1 atom stereocenters. The summed E-state index contributed by atoms with van der Waals surface area (Å²) in [6.07, 6.45) is 0. The first-order valence-electron chi connectivity index (χ1n) is 7.25. The lowest BCUT2D eigenvalue weighted by atomic mass is 10.2. The summed E-state index contributed by atoms with van der Waals surface area (Å²) in [6.45, 7) is 1.45. The highest BCUT2D eigenvalue weighted by Crippen LogP contribution is 2.22. The molecule has 0 aliphatic carbocycles. The first kappa shape index (κ1) is 17.3. The van der Waals surface area contributed by atoms with Crippen LogP contribution in [0.5, 0.6) is 0 Å². The van der Waals surface area contributed by atoms with Gasteiger partial charge in [0.05, 0.1) is 10.2 Å². The quantitative estimate of drug-likeness (QED) is 0.751. The highest BCUT2D eigenvalue weighted by molar-refractivity contribution is 7.16. The fraction of sp³-hybridized carbons (Fsp3) is 0.118. The zero-order chi connectivity index (χ0) is 18.1. The first-order chi connectivity index (χ1) is 11.9. The van der Waals surface area contributed by atoms with E-state index in [9.17, 15) is 19.1 Å². The molecule has 0 saturated heterocycles. The van der Waals surface area contributed by atoms with Crippen LogP contribution in [0.1, 0.15) is 23.3 Å². The van der Waals surface area contributed by atoms with E-state index in [2.05, 4.69) is 4.99 Å². The lowest BCUT2D eigenvalue weighted by molar-refractivity contribution is -0.140. The summed E-state index contributed by atoms with van der Waals surface area (Å²) >= 11 is 7.00. The molecule has 1 aromatic heterocycles. The number of carboxylic acid groups (broad SMARTS) is 1. The molecule has 3 rings (SSSR count). The SMILES string of the molecule is CC(C(=O)O)n1/c(=N/C(=O)c2cccc(Cl)c2)sc2ccc(F)cc21. The van der Waals surface area contributed by atoms with Crippen molar-refractivity contribution in [2.45, 2.75) is 13.0 Å². The van der Waals surface area contributed by atoms with Crippen LogP contribution in [0.25, 0.3) is 10.2 Å². The van der Waals surface area contributed by atoms with E-state index >= 15 is 0 Å². The van der Waals surface area contributed by atoms with Crippen LogP contribution in [-0.2, 0) is 4.79 Å². The highest BCUT2D eigenvalue weighted by atomic mass is 35.5. The van der Waals surface area contributed by atoms with Crippen LogP contribution < -0.4 is 4.80 Å². The Morgan fingerprint density at radius 2 is 2.04 bits per heavy atom. The summed E-state index contributed by atoms with van der Waals surface area (Å²) in [5.41, 5.74) is 0.656. The minimum Gasteiger partial charge on any atom is -0.480 e. The van der Waals surface area contributed by atoms with E-state index in [0.29, 0.717) is 15.2 Å².